The molecule has 0 atom stereocenters. The van der Waals surface area contributed by atoms with Gasteiger partial charge in [0.25, 0.3) is 0 Å². The van der Waals surface area contributed by atoms with E-state index in [4.69, 9.17) is 11.6 Å². The van der Waals surface area contributed by atoms with Gasteiger partial charge in [0, 0.05) is 0 Å². The Morgan fingerprint density at radius 3 is 3.00 bits per heavy atom. The van der Waals surface area contributed by atoms with Crippen molar-refractivity contribution in [3.05, 3.63) is 12.0 Å². The van der Waals surface area contributed by atoms with Gasteiger partial charge in [-0.3, -0.25) is 5.43 Å². The molecule has 0 aliphatic rings. The van der Waals surface area contributed by atoms with E-state index in [1.165, 1.54) is 0 Å². The van der Waals surface area contributed by atoms with Gasteiger partial charge in [0.2, 0.25) is 5.95 Å². The maximum absolute atomic E-state index is 13.1. The molecule has 1 amide bonds. The molecule has 0 fully saturated rings. The van der Waals surface area contributed by atoms with Crippen molar-refractivity contribution < 1.29 is 13.9 Å². The number of nitrogens with zero attached hydrogens (tertiary/aromatic N) is 2. The van der Waals surface area contributed by atoms with E-state index in [1.807, 2.05) is 0 Å². The molecule has 0 aromatic carbocycles. The minimum Gasteiger partial charge on any atom is -0.448 e. The van der Waals surface area contributed by atoms with E-state index < -0.39 is 11.9 Å². The SMILES string of the molecule is NNc1ncc(F)c(NCCOC(N)=O)n1. The zero-order valence-electron chi connectivity index (χ0n) is 8.24. The summed E-state index contributed by atoms with van der Waals surface area (Å²) in [5.74, 6) is 4.44. The average molecular weight is 230 g/mol. The minimum absolute atomic E-state index is 0.00413. The number of hydrazine groups is 1. The zero-order valence-corrected chi connectivity index (χ0v) is 8.24. The molecule has 0 saturated carbocycles. The zero-order chi connectivity index (χ0) is 12.0. The number of aromatic nitrogens is 2. The van der Waals surface area contributed by atoms with E-state index in [-0.39, 0.29) is 24.9 Å². The number of rotatable bonds is 5. The molecule has 1 aromatic heterocycles. The molecule has 0 unspecified atom stereocenters. The van der Waals surface area contributed by atoms with Crippen molar-refractivity contribution >= 4 is 17.9 Å². The molecule has 1 aromatic rings. The number of nitrogen functional groups attached to an aromatic ring is 1. The van der Waals surface area contributed by atoms with E-state index in [0.29, 0.717) is 0 Å². The molecule has 1 heterocycles. The van der Waals surface area contributed by atoms with Crippen molar-refractivity contribution in [1.29, 1.82) is 0 Å². The summed E-state index contributed by atoms with van der Waals surface area (Å²) >= 11 is 0. The van der Waals surface area contributed by atoms with Gasteiger partial charge < -0.3 is 15.8 Å². The number of carbonyl (C=O) groups excluding carboxylic acids is 1. The van der Waals surface area contributed by atoms with Gasteiger partial charge in [0.05, 0.1) is 12.7 Å². The third kappa shape index (κ3) is 3.53. The topological polar surface area (TPSA) is 128 Å². The van der Waals surface area contributed by atoms with Crippen LogP contribution in [-0.2, 0) is 4.74 Å². The number of anilines is 2. The monoisotopic (exact) mass is 230 g/mol. The molecule has 6 N–H and O–H groups in total. The van der Waals surface area contributed by atoms with Gasteiger partial charge >= 0.3 is 6.09 Å². The normalized spacial score (nSPS) is 9.62. The van der Waals surface area contributed by atoms with Gasteiger partial charge in [-0.15, -0.1) is 0 Å². The smallest absolute Gasteiger partial charge is 0.404 e. The number of carbonyl (C=O) groups is 1. The molecule has 8 nitrogen and oxygen atoms in total. The predicted octanol–water partition coefficient (Wildman–Crippen LogP) is -0.592. The van der Waals surface area contributed by atoms with Gasteiger partial charge in [0.1, 0.15) is 6.61 Å². The highest BCUT2D eigenvalue weighted by Gasteiger charge is 2.05. The van der Waals surface area contributed by atoms with E-state index in [1.54, 1.807) is 0 Å². The maximum atomic E-state index is 13.1. The van der Waals surface area contributed by atoms with Crippen LogP contribution in [0.1, 0.15) is 0 Å². The molecule has 0 saturated heterocycles. The van der Waals surface area contributed by atoms with Crippen LogP contribution in [0.3, 0.4) is 0 Å². The molecule has 0 aliphatic carbocycles. The molecular formula is C7H11FN6O2. The summed E-state index contributed by atoms with van der Waals surface area (Å²) in [7, 11) is 0. The van der Waals surface area contributed by atoms with Crippen molar-refractivity contribution in [3.63, 3.8) is 0 Å². The first-order valence-corrected chi connectivity index (χ1v) is 4.28. The summed E-state index contributed by atoms with van der Waals surface area (Å²) in [5.41, 5.74) is 6.90. The predicted molar refractivity (Wildman–Crippen MR) is 53.8 cm³/mol. The van der Waals surface area contributed by atoms with Gasteiger partial charge in [-0.2, -0.15) is 4.98 Å². The van der Waals surface area contributed by atoms with Crippen LogP contribution in [0.15, 0.2) is 6.20 Å². The van der Waals surface area contributed by atoms with Crippen LogP contribution in [0.2, 0.25) is 0 Å². The summed E-state index contributed by atoms with van der Waals surface area (Å²) in [6.07, 6.45) is 0.0636. The Balaban J connectivity index is 2.49. The molecule has 16 heavy (non-hydrogen) atoms. The van der Waals surface area contributed by atoms with Crippen molar-refractivity contribution in [3.8, 4) is 0 Å². The fraction of sp³-hybridized carbons (Fsp3) is 0.286. The van der Waals surface area contributed by atoms with Crippen LogP contribution in [0, 0.1) is 5.82 Å². The summed E-state index contributed by atoms with van der Waals surface area (Å²) in [5, 5.41) is 2.59. The fourth-order valence-corrected chi connectivity index (χ4v) is 0.882. The molecule has 88 valence electrons. The molecule has 0 radical (unpaired) electrons. The average Bonchev–Trinajstić information content (AvgIpc) is 2.26. The van der Waals surface area contributed by atoms with Gasteiger partial charge in [-0.25, -0.2) is 20.0 Å². The van der Waals surface area contributed by atoms with E-state index in [9.17, 15) is 9.18 Å². The van der Waals surface area contributed by atoms with E-state index >= 15 is 0 Å². The van der Waals surface area contributed by atoms with Crippen LogP contribution >= 0.6 is 0 Å². The molecule has 9 heteroatoms. The Morgan fingerprint density at radius 1 is 1.62 bits per heavy atom. The number of halogens is 1. The second-order valence-corrected chi connectivity index (χ2v) is 2.63. The van der Waals surface area contributed by atoms with Crippen LogP contribution in [0.5, 0.6) is 0 Å². The number of hydrogen-bond donors (Lipinski definition) is 4. The van der Waals surface area contributed by atoms with E-state index in [0.717, 1.165) is 6.20 Å². The number of nitrogens with two attached hydrogens (primary N) is 2. The first-order valence-electron chi connectivity index (χ1n) is 4.28. The van der Waals surface area contributed by atoms with Crippen LogP contribution < -0.4 is 22.3 Å². The quantitative estimate of drug-likeness (QED) is 0.302. The van der Waals surface area contributed by atoms with Crippen LogP contribution in [0.25, 0.3) is 0 Å². The molecule has 0 aliphatic heterocycles. The molecule has 0 bridgehead atoms. The van der Waals surface area contributed by atoms with Crippen molar-refractivity contribution in [2.75, 3.05) is 23.9 Å². The third-order valence-electron chi connectivity index (χ3n) is 1.51. The van der Waals surface area contributed by atoms with Crippen molar-refractivity contribution in [2.24, 2.45) is 11.6 Å². The Labute approximate surface area is 90.2 Å². The fourth-order valence-electron chi connectivity index (χ4n) is 0.882. The number of amides is 1. The maximum Gasteiger partial charge on any atom is 0.404 e. The second-order valence-electron chi connectivity index (χ2n) is 2.63. The van der Waals surface area contributed by atoms with Gasteiger partial charge in [0.15, 0.2) is 11.6 Å². The first-order chi connectivity index (χ1) is 7.63. The Bertz CT molecular complexity index is 374. The standard InChI is InChI=1S/C7H11FN6O2/c8-4-3-12-7(14-10)13-5(4)11-1-2-16-6(9)15/h3H,1-2,10H2,(H2,9,15)(H2,11,12,13,14). The van der Waals surface area contributed by atoms with Crippen molar-refractivity contribution in [2.45, 2.75) is 0 Å². The summed E-state index contributed by atoms with van der Waals surface area (Å²) in [6.45, 7) is 0.172. The van der Waals surface area contributed by atoms with E-state index in [2.05, 4.69) is 25.4 Å². The van der Waals surface area contributed by atoms with Gasteiger partial charge in [-0.05, 0) is 0 Å². The highest BCUT2D eigenvalue weighted by atomic mass is 19.1. The number of hydrogen-bond acceptors (Lipinski definition) is 7. The van der Waals surface area contributed by atoms with Crippen LogP contribution in [-0.4, -0.2) is 29.2 Å². The Kier molecular flexibility index (Phi) is 4.21. The number of ether oxygens (including phenoxy) is 1. The highest BCUT2D eigenvalue weighted by molar-refractivity contribution is 5.64. The minimum atomic E-state index is -0.894. The summed E-state index contributed by atoms with van der Waals surface area (Å²) in [4.78, 5) is 17.5. The lowest BCUT2D eigenvalue weighted by atomic mass is 10.5. The molecular weight excluding hydrogens is 219 g/mol. The highest BCUT2D eigenvalue weighted by Crippen LogP contribution is 2.10. The lowest BCUT2D eigenvalue weighted by molar-refractivity contribution is 0.161. The third-order valence-corrected chi connectivity index (χ3v) is 1.51. The van der Waals surface area contributed by atoms with Gasteiger partial charge in [-0.1, -0.05) is 0 Å². The van der Waals surface area contributed by atoms with Crippen molar-refractivity contribution in [1.82, 2.24) is 9.97 Å². The summed E-state index contributed by atoms with van der Waals surface area (Å²) < 4.78 is 17.5. The molecule has 1 rings (SSSR count). The number of primary amides is 1. The molecule has 0 spiro atoms. The second kappa shape index (κ2) is 5.66. The number of nitrogens with one attached hydrogen (secondary N) is 2. The first kappa shape index (κ1) is 11.9. The summed E-state index contributed by atoms with van der Waals surface area (Å²) in [6, 6.07) is 0. The largest absolute Gasteiger partial charge is 0.448 e. The lowest BCUT2D eigenvalue weighted by Gasteiger charge is -2.07. The Hall–Kier alpha value is -2.16. The Morgan fingerprint density at radius 2 is 2.38 bits per heavy atom. The van der Waals surface area contributed by atoms with Crippen LogP contribution in [0.4, 0.5) is 21.0 Å². The lowest BCUT2D eigenvalue weighted by Crippen LogP contribution is -2.19.